The van der Waals surface area contributed by atoms with Gasteiger partial charge in [-0.15, -0.1) is 11.3 Å². The Bertz CT molecular complexity index is 855. The molecule has 0 aliphatic rings. The molecule has 0 unspecified atom stereocenters. The van der Waals surface area contributed by atoms with Crippen LogP contribution in [0.25, 0.3) is 10.2 Å². The molecule has 0 saturated heterocycles. The second-order valence-electron chi connectivity index (χ2n) is 4.36. The van der Waals surface area contributed by atoms with Crippen molar-refractivity contribution in [3.63, 3.8) is 0 Å². The SMILES string of the molecule is O=C(O)c1cnc2sc(C(=O)c3ccccc3)c(O)c2c1. The summed E-state index contributed by atoms with van der Waals surface area (Å²) in [6, 6.07) is 9.89. The van der Waals surface area contributed by atoms with E-state index in [9.17, 15) is 14.7 Å². The minimum atomic E-state index is -1.13. The van der Waals surface area contributed by atoms with E-state index in [4.69, 9.17) is 5.11 Å². The number of aromatic hydroxyl groups is 1. The van der Waals surface area contributed by atoms with Crippen LogP contribution in [0.3, 0.4) is 0 Å². The second kappa shape index (κ2) is 4.99. The summed E-state index contributed by atoms with van der Waals surface area (Å²) in [5, 5.41) is 19.4. The number of thiophene rings is 1. The van der Waals surface area contributed by atoms with Gasteiger partial charge < -0.3 is 10.2 Å². The van der Waals surface area contributed by atoms with Crippen molar-refractivity contribution in [1.29, 1.82) is 0 Å². The van der Waals surface area contributed by atoms with Crippen molar-refractivity contribution in [3.8, 4) is 5.75 Å². The Morgan fingerprint density at radius 1 is 1.10 bits per heavy atom. The predicted octanol–water partition coefficient (Wildman–Crippen LogP) is 2.93. The lowest BCUT2D eigenvalue weighted by molar-refractivity contribution is 0.0696. The van der Waals surface area contributed by atoms with Crippen molar-refractivity contribution in [2.24, 2.45) is 0 Å². The third-order valence-corrected chi connectivity index (χ3v) is 4.11. The Hall–Kier alpha value is -2.73. The zero-order chi connectivity index (χ0) is 15.0. The van der Waals surface area contributed by atoms with Crippen molar-refractivity contribution in [1.82, 2.24) is 4.98 Å². The van der Waals surface area contributed by atoms with Gasteiger partial charge in [0.05, 0.1) is 10.9 Å². The van der Waals surface area contributed by atoms with Crippen molar-refractivity contribution < 1.29 is 19.8 Å². The first-order valence-electron chi connectivity index (χ1n) is 6.02. The van der Waals surface area contributed by atoms with Gasteiger partial charge in [0.1, 0.15) is 15.5 Å². The Labute approximate surface area is 123 Å². The fourth-order valence-electron chi connectivity index (χ4n) is 1.96. The van der Waals surface area contributed by atoms with E-state index in [0.29, 0.717) is 10.4 Å². The van der Waals surface area contributed by atoms with E-state index in [1.165, 1.54) is 12.3 Å². The molecule has 104 valence electrons. The van der Waals surface area contributed by atoms with Crippen LogP contribution in [-0.4, -0.2) is 26.9 Å². The predicted molar refractivity (Wildman–Crippen MR) is 78.1 cm³/mol. The Morgan fingerprint density at radius 2 is 1.81 bits per heavy atom. The standard InChI is InChI=1S/C15H9NO4S/c17-11(8-4-2-1-3-5-8)13-12(18)10-6-9(15(19)20)7-16-14(10)21-13/h1-7,18H,(H,19,20). The monoisotopic (exact) mass is 299 g/mol. The van der Waals surface area contributed by atoms with E-state index >= 15 is 0 Å². The molecule has 5 nitrogen and oxygen atoms in total. The van der Waals surface area contributed by atoms with Gasteiger partial charge in [0.25, 0.3) is 0 Å². The number of aromatic nitrogens is 1. The van der Waals surface area contributed by atoms with Gasteiger partial charge >= 0.3 is 5.97 Å². The zero-order valence-corrected chi connectivity index (χ0v) is 11.4. The van der Waals surface area contributed by atoms with Crippen LogP contribution < -0.4 is 0 Å². The maximum absolute atomic E-state index is 12.4. The molecule has 6 heteroatoms. The van der Waals surface area contributed by atoms with Crippen LogP contribution in [0.1, 0.15) is 25.6 Å². The van der Waals surface area contributed by atoms with E-state index in [1.54, 1.807) is 30.3 Å². The molecule has 3 aromatic rings. The van der Waals surface area contributed by atoms with Crippen molar-refractivity contribution in [2.75, 3.05) is 0 Å². The lowest BCUT2D eigenvalue weighted by Gasteiger charge is -1.98. The number of carbonyl (C=O) groups is 2. The second-order valence-corrected chi connectivity index (χ2v) is 5.36. The summed E-state index contributed by atoms with van der Waals surface area (Å²) >= 11 is 1.04. The number of rotatable bonds is 3. The van der Waals surface area contributed by atoms with Gasteiger partial charge in [-0.1, -0.05) is 30.3 Å². The third kappa shape index (κ3) is 2.25. The molecule has 3 rings (SSSR count). The topological polar surface area (TPSA) is 87.5 Å². The Kier molecular flexibility index (Phi) is 3.15. The number of carbonyl (C=O) groups excluding carboxylic acids is 1. The van der Waals surface area contributed by atoms with E-state index in [-0.39, 0.29) is 27.4 Å². The largest absolute Gasteiger partial charge is 0.506 e. The fourth-order valence-corrected chi connectivity index (χ4v) is 2.94. The molecule has 0 saturated carbocycles. The number of aromatic carboxylic acids is 1. The molecule has 21 heavy (non-hydrogen) atoms. The van der Waals surface area contributed by atoms with Crippen LogP contribution in [0, 0.1) is 0 Å². The van der Waals surface area contributed by atoms with Crippen molar-refractivity contribution >= 4 is 33.3 Å². The first kappa shape index (κ1) is 13.3. The van der Waals surface area contributed by atoms with Crippen LogP contribution in [-0.2, 0) is 0 Å². The average Bonchev–Trinajstić information content (AvgIpc) is 2.84. The molecule has 0 amide bonds. The van der Waals surface area contributed by atoms with Crippen molar-refractivity contribution in [3.05, 3.63) is 58.6 Å². The van der Waals surface area contributed by atoms with Gasteiger partial charge in [-0.05, 0) is 6.07 Å². The van der Waals surface area contributed by atoms with Gasteiger partial charge in [0.2, 0.25) is 5.78 Å². The van der Waals surface area contributed by atoms with E-state index in [0.717, 1.165) is 11.3 Å². The smallest absolute Gasteiger partial charge is 0.337 e. The molecule has 1 aromatic carbocycles. The third-order valence-electron chi connectivity index (χ3n) is 3.01. The Balaban J connectivity index is 2.14. The lowest BCUT2D eigenvalue weighted by Crippen LogP contribution is -1.98. The molecule has 0 fully saturated rings. The maximum Gasteiger partial charge on any atom is 0.337 e. The number of benzene rings is 1. The minimum Gasteiger partial charge on any atom is -0.506 e. The molecule has 2 heterocycles. The molecule has 0 bridgehead atoms. The van der Waals surface area contributed by atoms with Crippen LogP contribution in [0.4, 0.5) is 0 Å². The minimum absolute atomic E-state index is 0.0330. The van der Waals surface area contributed by atoms with Gasteiger partial charge in [0, 0.05) is 11.8 Å². The average molecular weight is 299 g/mol. The highest BCUT2D eigenvalue weighted by Crippen LogP contribution is 2.37. The van der Waals surface area contributed by atoms with Gasteiger partial charge in [-0.25, -0.2) is 9.78 Å². The molecular weight excluding hydrogens is 290 g/mol. The summed E-state index contributed by atoms with van der Waals surface area (Å²) in [6.45, 7) is 0. The highest BCUT2D eigenvalue weighted by molar-refractivity contribution is 7.21. The summed E-state index contributed by atoms with van der Waals surface area (Å²) in [7, 11) is 0. The number of pyridine rings is 1. The van der Waals surface area contributed by atoms with Crippen LogP contribution in [0.5, 0.6) is 5.75 Å². The number of hydrogen-bond donors (Lipinski definition) is 2. The van der Waals surface area contributed by atoms with E-state index in [2.05, 4.69) is 4.98 Å². The number of carboxylic acids is 1. The Morgan fingerprint density at radius 3 is 2.48 bits per heavy atom. The first-order chi connectivity index (χ1) is 10.1. The summed E-state index contributed by atoms with van der Waals surface area (Å²) in [4.78, 5) is 27.9. The lowest BCUT2D eigenvalue weighted by atomic mass is 10.1. The highest BCUT2D eigenvalue weighted by atomic mass is 32.1. The molecule has 0 radical (unpaired) electrons. The molecule has 0 atom stereocenters. The van der Waals surface area contributed by atoms with Crippen molar-refractivity contribution in [2.45, 2.75) is 0 Å². The molecule has 2 aromatic heterocycles. The molecule has 2 N–H and O–H groups in total. The number of nitrogens with zero attached hydrogens (tertiary/aromatic N) is 1. The fraction of sp³-hybridized carbons (Fsp3) is 0. The molecule has 0 aliphatic carbocycles. The first-order valence-corrected chi connectivity index (χ1v) is 6.84. The number of hydrogen-bond acceptors (Lipinski definition) is 5. The quantitative estimate of drug-likeness (QED) is 0.726. The normalized spacial score (nSPS) is 10.7. The van der Waals surface area contributed by atoms with Gasteiger partial charge in [0.15, 0.2) is 0 Å². The number of carboxylic acid groups (broad SMARTS) is 1. The van der Waals surface area contributed by atoms with Crippen LogP contribution >= 0.6 is 11.3 Å². The highest BCUT2D eigenvalue weighted by Gasteiger charge is 2.21. The molecule has 0 spiro atoms. The zero-order valence-electron chi connectivity index (χ0n) is 10.6. The van der Waals surface area contributed by atoms with E-state index < -0.39 is 5.97 Å². The summed E-state index contributed by atoms with van der Waals surface area (Å²) < 4.78 is 0. The van der Waals surface area contributed by atoms with E-state index in [1.807, 2.05) is 0 Å². The molecular formula is C15H9NO4S. The molecule has 0 aliphatic heterocycles. The van der Waals surface area contributed by atoms with Crippen LogP contribution in [0.2, 0.25) is 0 Å². The van der Waals surface area contributed by atoms with Crippen LogP contribution in [0.15, 0.2) is 42.6 Å². The summed E-state index contributed by atoms with van der Waals surface area (Å²) in [6.07, 6.45) is 1.21. The maximum atomic E-state index is 12.4. The number of ketones is 1. The summed E-state index contributed by atoms with van der Waals surface area (Å²) in [5.41, 5.74) is 0.423. The summed E-state index contributed by atoms with van der Waals surface area (Å²) in [5.74, 6) is -1.67. The number of fused-ring (bicyclic) bond motifs is 1. The van der Waals surface area contributed by atoms with Gasteiger partial charge in [-0.2, -0.15) is 0 Å². The van der Waals surface area contributed by atoms with Gasteiger partial charge in [-0.3, -0.25) is 4.79 Å².